The maximum absolute atomic E-state index is 14.7. The molecule has 0 aromatic heterocycles. The van der Waals surface area contributed by atoms with Gasteiger partial charge in [-0.2, -0.15) is 5.26 Å². The fourth-order valence-corrected chi connectivity index (χ4v) is 3.04. The molecular formula is C26H23ClFN3O3. The van der Waals surface area contributed by atoms with Gasteiger partial charge in [-0.05, 0) is 54.6 Å². The summed E-state index contributed by atoms with van der Waals surface area (Å²) >= 11 is 6.14. The smallest absolute Gasteiger partial charge is 0.256 e. The molecule has 3 aromatic rings. The number of halogens is 2. The number of carbonyl (C=O) groups is 2. The second kappa shape index (κ2) is 13.9. The van der Waals surface area contributed by atoms with E-state index in [9.17, 15) is 9.18 Å². The molecule has 0 fully saturated rings. The first-order chi connectivity index (χ1) is 16.4. The van der Waals surface area contributed by atoms with Crippen molar-refractivity contribution in [2.75, 3.05) is 12.4 Å². The Hall–Kier alpha value is -4.33. The van der Waals surface area contributed by atoms with Crippen LogP contribution < -0.4 is 15.8 Å². The van der Waals surface area contributed by atoms with Gasteiger partial charge in [-0.25, -0.2) is 4.39 Å². The Morgan fingerprint density at radius 1 is 1.15 bits per heavy atom. The van der Waals surface area contributed by atoms with Crippen molar-refractivity contribution in [1.29, 1.82) is 5.26 Å². The highest BCUT2D eigenvalue weighted by Crippen LogP contribution is 2.38. The molecule has 0 aliphatic rings. The molecular weight excluding hydrogens is 457 g/mol. The lowest BCUT2D eigenvalue weighted by Crippen LogP contribution is -2.14. The number of ether oxygens (including phenoxy) is 1. The van der Waals surface area contributed by atoms with Gasteiger partial charge in [0.05, 0.1) is 24.3 Å². The molecule has 0 spiro atoms. The topological polar surface area (TPSA) is 105 Å². The van der Waals surface area contributed by atoms with Gasteiger partial charge in [-0.3, -0.25) is 9.59 Å². The number of nitrogens with one attached hydrogen (secondary N) is 1. The van der Waals surface area contributed by atoms with Gasteiger partial charge in [0.2, 0.25) is 6.41 Å². The molecule has 174 valence electrons. The minimum Gasteiger partial charge on any atom is -0.496 e. The molecule has 34 heavy (non-hydrogen) atoms. The first-order valence-corrected chi connectivity index (χ1v) is 10.4. The lowest BCUT2D eigenvalue weighted by Gasteiger charge is -2.16. The monoisotopic (exact) mass is 479 g/mol. The van der Waals surface area contributed by atoms with E-state index in [4.69, 9.17) is 32.8 Å². The van der Waals surface area contributed by atoms with Crippen LogP contribution >= 0.6 is 11.6 Å². The van der Waals surface area contributed by atoms with Crippen LogP contribution in [0.4, 0.5) is 10.1 Å². The first-order valence-electron chi connectivity index (χ1n) is 9.99. The standard InChI is InChI=1S/C23H14ClFN2O2.C2H6.CH3NO/c1-3-14-4-7-17(8-5-14)27-23(28)19-11-16(24)12-21(29-2)22(19)18-9-6-15(13-26)10-20(18)25;1-2;2-1-3/h1,4-12H,2H3,(H,27,28);1-2H3;1H,(H2,2,3). The van der Waals surface area contributed by atoms with Crippen molar-refractivity contribution in [3.63, 3.8) is 0 Å². The molecule has 0 atom stereocenters. The maximum Gasteiger partial charge on any atom is 0.256 e. The minimum atomic E-state index is -0.655. The average Bonchev–Trinajstić information content (AvgIpc) is 2.85. The molecule has 3 aromatic carbocycles. The normalized spacial score (nSPS) is 9.03. The molecule has 0 radical (unpaired) electrons. The molecule has 3 rings (SSSR count). The van der Waals surface area contributed by atoms with Gasteiger partial charge in [0.1, 0.15) is 11.6 Å². The number of hydrogen-bond acceptors (Lipinski definition) is 4. The number of terminal acetylenes is 1. The van der Waals surface area contributed by atoms with Gasteiger partial charge in [0, 0.05) is 27.4 Å². The third kappa shape index (κ3) is 7.09. The summed E-state index contributed by atoms with van der Waals surface area (Å²) in [6.07, 6.45) is 5.59. The first kappa shape index (κ1) is 27.7. The van der Waals surface area contributed by atoms with Gasteiger partial charge in [-0.15, -0.1) is 6.42 Å². The van der Waals surface area contributed by atoms with Crippen molar-refractivity contribution >= 4 is 29.6 Å². The molecule has 0 aliphatic heterocycles. The maximum atomic E-state index is 14.7. The SMILES string of the molecule is C#Cc1ccc(NC(=O)c2cc(Cl)cc(OC)c2-c2ccc(C#N)cc2F)cc1.CC.NC=O. The predicted octanol–water partition coefficient (Wildman–Crippen LogP) is 5.39. The number of nitriles is 1. The lowest BCUT2D eigenvalue weighted by atomic mass is 9.96. The number of hydrogen-bond donors (Lipinski definition) is 2. The van der Waals surface area contributed by atoms with Crippen molar-refractivity contribution in [2.45, 2.75) is 13.8 Å². The molecule has 6 nitrogen and oxygen atoms in total. The van der Waals surface area contributed by atoms with Crippen LogP contribution in [0.25, 0.3) is 11.1 Å². The van der Waals surface area contributed by atoms with Crippen molar-refractivity contribution in [3.8, 4) is 35.3 Å². The number of carbonyl (C=O) groups excluding carboxylic acids is 2. The van der Waals surface area contributed by atoms with Crippen LogP contribution in [0.15, 0.2) is 54.6 Å². The zero-order valence-corrected chi connectivity index (χ0v) is 19.6. The van der Waals surface area contributed by atoms with Crippen molar-refractivity contribution in [2.24, 2.45) is 5.73 Å². The molecule has 0 saturated heterocycles. The van der Waals surface area contributed by atoms with E-state index < -0.39 is 11.7 Å². The molecule has 8 heteroatoms. The van der Waals surface area contributed by atoms with Crippen LogP contribution in [0.1, 0.15) is 35.3 Å². The number of methoxy groups -OCH3 is 1. The summed E-state index contributed by atoms with van der Waals surface area (Å²) in [6.45, 7) is 4.00. The highest BCUT2D eigenvalue weighted by atomic mass is 35.5. The third-order valence-corrected chi connectivity index (χ3v) is 4.43. The molecule has 0 aliphatic carbocycles. The van der Waals surface area contributed by atoms with E-state index in [1.165, 1.54) is 31.4 Å². The van der Waals surface area contributed by atoms with Crippen LogP contribution in [0.2, 0.25) is 5.02 Å². The van der Waals surface area contributed by atoms with E-state index in [1.54, 1.807) is 24.3 Å². The van der Waals surface area contributed by atoms with E-state index in [0.717, 1.165) is 6.07 Å². The van der Waals surface area contributed by atoms with Gasteiger partial charge < -0.3 is 15.8 Å². The fraction of sp³-hybridized carbons (Fsp3) is 0.115. The molecule has 2 amide bonds. The van der Waals surface area contributed by atoms with E-state index in [2.05, 4.69) is 17.0 Å². The van der Waals surface area contributed by atoms with Gasteiger partial charge >= 0.3 is 0 Å². The summed E-state index contributed by atoms with van der Waals surface area (Å²) in [5.74, 6) is 1.57. The highest BCUT2D eigenvalue weighted by molar-refractivity contribution is 6.31. The van der Waals surface area contributed by atoms with Crippen LogP contribution in [0.3, 0.4) is 0 Å². The van der Waals surface area contributed by atoms with E-state index >= 15 is 0 Å². The Bertz CT molecular complexity index is 1230. The third-order valence-electron chi connectivity index (χ3n) is 4.21. The van der Waals surface area contributed by atoms with E-state index in [0.29, 0.717) is 11.3 Å². The summed E-state index contributed by atoms with van der Waals surface area (Å²) in [7, 11) is 1.40. The zero-order valence-electron chi connectivity index (χ0n) is 18.9. The van der Waals surface area contributed by atoms with Gasteiger partial charge in [-0.1, -0.05) is 31.4 Å². The summed E-state index contributed by atoms with van der Waals surface area (Å²) in [5.41, 5.74) is 5.99. The van der Waals surface area contributed by atoms with E-state index in [-0.39, 0.29) is 39.4 Å². The number of nitrogens with zero attached hydrogens (tertiary/aromatic N) is 1. The number of amides is 2. The van der Waals surface area contributed by atoms with Crippen molar-refractivity contribution in [1.82, 2.24) is 0 Å². The van der Waals surface area contributed by atoms with Crippen LogP contribution in [0.5, 0.6) is 5.75 Å². The van der Waals surface area contributed by atoms with Crippen LogP contribution in [-0.4, -0.2) is 19.4 Å². The lowest BCUT2D eigenvalue weighted by molar-refractivity contribution is -0.106. The van der Waals surface area contributed by atoms with Gasteiger partial charge in [0.15, 0.2) is 0 Å². The molecule has 0 saturated carbocycles. The highest BCUT2D eigenvalue weighted by Gasteiger charge is 2.22. The van der Waals surface area contributed by atoms with Crippen LogP contribution in [-0.2, 0) is 4.79 Å². The Labute approximate surface area is 203 Å². The second-order valence-electron chi connectivity index (χ2n) is 6.15. The minimum absolute atomic E-state index is 0.116. The number of benzene rings is 3. The molecule has 0 bridgehead atoms. The number of nitrogens with two attached hydrogens (primary N) is 1. The molecule has 0 unspecified atom stereocenters. The number of primary amides is 1. The summed E-state index contributed by atoms with van der Waals surface area (Å²) < 4.78 is 20.0. The Kier molecular flexibility index (Phi) is 11.4. The number of anilines is 1. The Morgan fingerprint density at radius 3 is 2.24 bits per heavy atom. The average molecular weight is 480 g/mol. The molecule has 0 heterocycles. The summed E-state index contributed by atoms with van der Waals surface area (Å²) in [5, 5.41) is 12.0. The fourth-order valence-electron chi connectivity index (χ4n) is 2.84. The second-order valence-corrected chi connectivity index (χ2v) is 6.59. The Balaban J connectivity index is 0.00000107. The predicted molar refractivity (Wildman–Crippen MR) is 132 cm³/mol. The van der Waals surface area contributed by atoms with Gasteiger partial charge in [0.25, 0.3) is 5.91 Å². The quantitative estimate of drug-likeness (QED) is 0.386. The van der Waals surface area contributed by atoms with E-state index in [1.807, 2.05) is 19.9 Å². The van der Waals surface area contributed by atoms with Crippen molar-refractivity contribution < 1.29 is 18.7 Å². The number of rotatable bonds is 4. The Morgan fingerprint density at radius 2 is 1.74 bits per heavy atom. The largest absolute Gasteiger partial charge is 0.496 e. The summed E-state index contributed by atoms with van der Waals surface area (Å²) in [6, 6.07) is 15.5. The van der Waals surface area contributed by atoms with Crippen LogP contribution in [0, 0.1) is 29.5 Å². The zero-order chi connectivity index (χ0) is 25.7. The summed E-state index contributed by atoms with van der Waals surface area (Å²) in [4.78, 5) is 21.6. The molecule has 3 N–H and O–H groups in total. The van der Waals surface area contributed by atoms with Crippen molar-refractivity contribution in [3.05, 3.63) is 82.1 Å².